The van der Waals surface area contributed by atoms with Gasteiger partial charge >= 0.3 is 0 Å². The number of benzene rings is 1. The molecule has 1 heterocycles. The van der Waals surface area contributed by atoms with Gasteiger partial charge < -0.3 is 10.6 Å². The van der Waals surface area contributed by atoms with Crippen molar-refractivity contribution in [3.8, 4) is 0 Å². The van der Waals surface area contributed by atoms with E-state index >= 15 is 0 Å². The van der Waals surface area contributed by atoms with Gasteiger partial charge in [-0.05, 0) is 31.7 Å². The molecule has 1 aliphatic rings. The van der Waals surface area contributed by atoms with Crippen LogP contribution in [0.3, 0.4) is 0 Å². The van der Waals surface area contributed by atoms with Crippen LogP contribution >= 0.6 is 0 Å². The van der Waals surface area contributed by atoms with Crippen molar-refractivity contribution in [3.63, 3.8) is 0 Å². The zero-order valence-corrected chi connectivity index (χ0v) is 13.0. The number of nitrogens with zero attached hydrogens (tertiary/aromatic N) is 2. The molecule has 0 atom stereocenters. The van der Waals surface area contributed by atoms with Gasteiger partial charge in [-0.2, -0.15) is 0 Å². The summed E-state index contributed by atoms with van der Waals surface area (Å²) >= 11 is 0. The first kappa shape index (κ1) is 14.9. The average Bonchev–Trinajstić information content (AvgIpc) is 2.46. The van der Waals surface area contributed by atoms with Gasteiger partial charge in [0.1, 0.15) is 0 Å². The van der Waals surface area contributed by atoms with E-state index in [1.807, 2.05) is 0 Å². The van der Waals surface area contributed by atoms with Crippen molar-refractivity contribution < 1.29 is 0 Å². The molecule has 1 fully saturated rings. The van der Waals surface area contributed by atoms with E-state index in [1.165, 1.54) is 30.4 Å². The summed E-state index contributed by atoms with van der Waals surface area (Å²) in [6, 6.07) is 8.72. The summed E-state index contributed by atoms with van der Waals surface area (Å²) in [4.78, 5) is 6.86. The molecule has 0 amide bonds. The summed E-state index contributed by atoms with van der Waals surface area (Å²) < 4.78 is 0. The Morgan fingerprint density at radius 2 is 1.75 bits per heavy atom. The van der Waals surface area contributed by atoms with E-state index in [-0.39, 0.29) is 5.41 Å². The third-order valence-corrected chi connectivity index (χ3v) is 4.15. The monoisotopic (exact) mass is 273 g/mol. The molecule has 0 saturated carbocycles. The van der Waals surface area contributed by atoms with E-state index in [4.69, 9.17) is 5.73 Å². The molecule has 0 radical (unpaired) electrons. The number of hydrogen-bond acceptors (Lipinski definition) is 1. The molecule has 3 heteroatoms. The molecule has 1 aliphatic heterocycles. The van der Waals surface area contributed by atoms with Crippen LogP contribution in [0.2, 0.25) is 0 Å². The van der Waals surface area contributed by atoms with Crippen molar-refractivity contribution in [1.29, 1.82) is 0 Å². The molecular formula is C17H27N3. The fourth-order valence-corrected chi connectivity index (χ4v) is 2.60. The molecule has 0 aliphatic carbocycles. The standard InChI is InChI=1S/C17H27N3/c1-14-7-9-15(10-8-14)17(2,3)13-19-16(18)20-11-5-4-6-12-20/h7-10H,4-6,11-13H2,1-3H3,(H2,18,19). The third kappa shape index (κ3) is 3.75. The van der Waals surface area contributed by atoms with Gasteiger partial charge in [0.15, 0.2) is 5.96 Å². The molecule has 0 unspecified atom stereocenters. The molecule has 1 saturated heterocycles. The van der Waals surface area contributed by atoms with Crippen molar-refractivity contribution in [2.75, 3.05) is 19.6 Å². The Bertz CT molecular complexity index is 454. The third-order valence-electron chi connectivity index (χ3n) is 4.15. The SMILES string of the molecule is Cc1ccc(C(C)(C)CN=C(N)N2CCCCC2)cc1. The minimum Gasteiger partial charge on any atom is -0.370 e. The Morgan fingerprint density at radius 3 is 2.35 bits per heavy atom. The molecule has 0 spiro atoms. The van der Waals surface area contributed by atoms with Gasteiger partial charge in [-0.25, -0.2) is 0 Å². The lowest BCUT2D eigenvalue weighted by Crippen LogP contribution is -2.41. The predicted molar refractivity (Wildman–Crippen MR) is 86.1 cm³/mol. The molecule has 2 rings (SSSR count). The minimum atomic E-state index is 0.0219. The highest BCUT2D eigenvalue weighted by molar-refractivity contribution is 5.78. The summed E-state index contributed by atoms with van der Waals surface area (Å²) in [5.41, 5.74) is 8.77. The van der Waals surface area contributed by atoms with Crippen LogP contribution in [0.15, 0.2) is 29.3 Å². The van der Waals surface area contributed by atoms with Crippen LogP contribution in [0.1, 0.15) is 44.2 Å². The topological polar surface area (TPSA) is 41.6 Å². The van der Waals surface area contributed by atoms with Crippen LogP contribution in [-0.4, -0.2) is 30.5 Å². The molecule has 0 aromatic heterocycles. The minimum absolute atomic E-state index is 0.0219. The van der Waals surface area contributed by atoms with E-state index in [0.717, 1.165) is 19.6 Å². The fourth-order valence-electron chi connectivity index (χ4n) is 2.60. The summed E-state index contributed by atoms with van der Waals surface area (Å²) in [6.45, 7) is 9.41. The molecular weight excluding hydrogens is 246 g/mol. The second-order valence-electron chi connectivity index (χ2n) is 6.47. The molecule has 20 heavy (non-hydrogen) atoms. The van der Waals surface area contributed by atoms with Crippen LogP contribution in [0.4, 0.5) is 0 Å². The predicted octanol–water partition coefficient (Wildman–Crippen LogP) is 3.07. The lowest BCUT2D eigenvalue weighted by molar-refractivity contribution is 0.337. The van der Waals surface area contributed by atoms with E-state index < -0.39 is 0 Å². The van der Waals surface area contributed by atoms with Crippen molar-refractivity contribution in [2.45, 2.75) is 45.4 Å². The van der Waals surface area contributed by atoms with E-state index in [2.05, 4.69) is 54.9 Å². The smallest absolute Gasteiger partial charge is 0.191 e. The Morgan fingerprint density at radius 1 is 1.15 bits per heavy atom. The van der Waals surface area contributed by atoms with Crippen LogP contribution in [0.5, 0.6) is 0 Å². The quantitative estimate of drug-likeness (QED) is 0.679. The highest BCUT2D eigenvalue weighted by Crippen LogP contribution is 2.24. The maximum Gasteiger partial charge on any atom is 0.191 e. The van der Waals surface area contributed by atoms with Gasteiger partial charge in [-0.1, -0.05) is 43.7 Å². The molecule has 0 bridgehead atoms. The first-order valence-electron chi connectivity index (χ1n) is 7.61. The number of aliphatic imine (C=N–C) groups is 1. The number of rotatable bonds is 3. The van der Waals surface area contributed by atoms with Crippen molar-refractivity contribution >= 4 is 5.96 Å². The fraction of sp³-hybridized carbons (Fsp3) is 0.588. The molecule has 1 aromatic rings. The lowest BCUT2D eigenvalue weighted by Gasteiger charge is -2.29. The highest BCUT2D eigenvalue weighted by atomic mass is 15.3. The molecule has 110 valence electrons. The van der Waals surface area contributed by atoms with Crippen LogP contribution in [-0.2, 0) is 5.41 Å². The van der Waals surface area contributed by atoms with E-state index in [9.17, 15) is 0 Å². The Balaban J connectivity index is 2.01. The molecule has 2 N–H and O–H groups in total. The largest absolute Gasteiger partial charge is 0.370 e. The summed E-state index contributed by atoms with van der Waals surface area (Å²) in [5.74, 6) is 0.713. The summed E-state index contributed by atoms with van der Waals surface area (Å²) in [5, 5.41) is 0. The number of nitrogens with two attached hydrogens (primary N) is 1. The maximum absolute atomic E-state index is 6.13. The zero-order valence-electron chi connectivity index (χ0n) is 13.0. The Kier molecular flexibility index (Phi) is 4.69. The van der Waals surface area contributed by atoms with Gasteiger partial charge in [0.05, 0.1) is 6.54 Å². The second kappa shape index (κ2) is 6.29. The van der Waals surface area contributed by atoms with Gasteiger partial charge in [-0.3, -0.25) is 4.99 Å². The van der Waals surface area contributed by atoms with Crippen LogP contribution < -0.4 is 5.73 Å². The maximum atomic E-state index is 6.13. The molecule has 3 nitrogen and oxygen atoms in total. The number of piperidine rings is 1. The lowest BCUT2D eigenvalue weighted by atomic mass is 9.84. The average molecular weight is 273 g/mol. The molecule has 1 aromatic carbocycles. The van der Waals surface area contributed by atoms with Gasteiger partial charge in [0.25, 0.3) is 0 Å². The normalized spacial score (nSPS) is 17.4. The Labute approximate surface area is 122 Å². The van der Waals surface area contributed by atoms with E-state index in [0.29, 0.717) is 5.96 Å². The van der Waals surface area contributed by atoms with Gasteiger partial charge in [-0.15, -0.1) is 0 Å². The summed E-state index contributed by atoms with van der Waals surface area (Å²) in [6.07, 6.45) is 3.79. The number of guanidine groups is 1. The van der Waals surface area contributed by atoms with Crippen molar-refractivity contribution in [1.82, 2.24) is 4.90 Å². The Hall–Kier alpha value is -1.51. The van der Waals surface area contributed by atoms with Crippen molar-refractivity contribution in [3.05, 3.63) is 35.4 Å². The number of hydrogen-bond donors (Lipinski definition) is 1. The van der Waals surface area contributed by atoms with Crippen LogP contribution in [0.25, 0.3) is 0 Å². The number of likely N-dealkylation sites (tertiary alicyclic amines) is 1. The highest BCUT2D eigenvalue weighted by Gasteiger charge is 2.21. The van der Waals surface area contributed by atoms with E-state index in [1.54, 1.807) is 0 Å². The van der Waals surface area contributed by atoms with Gasteiger partial charge in [0.2, 0.25) is 0 Å². The zero-order chi connectivity index (χ0) is 14.6. The first-order valence-corrected chi connectivity index (χ1v) is 7.61. The van der Waals surface area contributed by atoms with Crippen molar-refractivity contribution in [2.24, 2.45) is 10.7 Å². The number of aryl methyl sites for hydroxylation is 1. The first-order chi connectivity index (χ1) is 9.49. The summed E-state index contributed by atoms with van der Waals surface area (Å²) in [7, 11) is 0. The van der Waals surface area contributed by atoms with Gasteiger partial charge in [0, 0.05) is 18.5 Å². The second-order valence-corrected chi connectivity index (χ2v) is 6.47. The van der Waals surface area contributed by atoms with Crippen LogP contribution in [0, 0.1) is 6.92 Å².